The van der Waals surface area contributed by atoms with E-state index in [4.69, 9.17) is 28.4 Å². The fraction of sp³-hybridized carbons (Fsp3) is 0.817. The number of aliphatic hydroxyl groups excluding tert-OH is 11. The Hall–Kier alpha value is -3.29. The number of ether oxygens (including phenoxy) is 6. The Morgan fingerprint density at radius 1 is 0.330 bits per heavy atom. The fourth-order valence-electron chi connectivity index (χ4n) is 14.9. The molecule has 3 heterocycles. The van der Waals surface area contributed by atoms with Crippen LogP contribution in [-0.4, -0.2) is 193 Å². The quantitative estimate of drug-likeness (QED) is 0.0199. The molecule has 3 rings (SSSR count). The molecule has 0 spiro atoms. The van der Waals surface area contributed by atoms with E-state index in [2.05, 4.69) is 104 Å². The lowest BCUT2D eigenvalue weighted by atomic mass is 9.96. The smallest absolute Gasteiger partial charge is 0.220 e. The maximum atomic E-state index is 13.5. The van der Waals surface area contributed by atoms with Crippen LogP contribution in [0, 0.1) is 0 Å². The zero-order valence-electron chi connectivity index (χ0n) is 70.1. The number of rotatable bonds is 73. The number of unbranched alkanes of at least 4 members (excludes halogenated alkanes) is 43. The highest BCUT2D eigenvalue weighted by Gasteiger charge is 2.54. The summed E-state index contributed by atoms with van der Waals surface area (Å²) in [6.07, 6.45) is 72.8. The van der Waals surface area contributed by atoms with Gasteiger partial charge in [-0.25, -0.2) is 0 Å². The van der Waals surface area contributed by atoms with Crippen LogP contribution in [0.5, 0.6) is 0 Å². The molecule has 3 fully saturated rings. The molecule has 3 aliphatic heterocycles. The van der Waals surface area contributed by atoms with Crippen molar-refractivity contribution in [2.45, 2.75) is 458 Å². The highest BCUT2D eigenvalue weighted by Crippen LogP contribution is 2.33. The van der Waals surface area contributed by atoms with Gasteiger partial charge in [0.15, 0.2) is 18.9 Å². The molecule has 0 aromatic heterocycles. The van der Waals surface area contributed by atoms with Gasteiger partial charge in [-0.15, -0.1) is 0 Å². The van der Waals surface area contributed by atoms with Gasteiger partial charge in [0.1, 0.15) is 73.2 Å². The van der Waals surface area contributed by atoms with Gasteiger partial charge in [-0.2, -0.15) is 0 Å². The lowest BCUT2D eigenvalue weighted by molar-refractivity contribution is -0.379. The highest BCUT2D eigenvalue weighted by atomic mass is 16.8. The summed E-state index contributed by atoms with van der Waals surface area (Å²) in [7, 11) is 0. The standard InChI is InChI=1S/C93H165NO18/c1-3-5-7-9-11-13-15-17-19-21-23-25-27-29-31-33-35-36-37-38-39-40-41-43-45-47-49-51-53-55-57-59-61-63-65-67-69-71-81(99)94-76(77(98)70-68-66-64-62-60-58-56-54-52-50-48-46-44-42-34-32-30-28-26-24-22-20-18-16-14-12-10-8-6-4-2)75-107-91-87(105)84(102)89(79(73-96)109-91)112-93-88(106)85(103)90(80(74-97)110-93)111-92-86(104)83(101)82(100)78(72-95)108-92/h5,7,11,13,17,19,23,25,29,31,52,54,60,62,68,70,76-80,82-93,95-98,100-106H,3-4,6,8-10,12,14-16,18,20-22,24,26-28,30,32-51,53,55-59,61,63-67,69,71-75H2,1-2H3,(H,94,99)/b7-5-,13-11-,19-17-,25-23-,31-29-,54-52+,62-60+,70-68+. The Labute approximate surface area is 679 Å². The van der Waals surface area contributed by atoms with Crippen LogP contribution >= 0.6 is 0 Å². The summed E-state index contributed by atoms with van der Waals surface area (Å²) in [5, 5.41) is 121. The number of hydrogen-bond acceptors (Lipinski definition) is 18. The third-order valence-corrected chi connectivity index (χ3v) is 22.1. The zero-order valence-corrected chi connectivity index (χ0v) is 70.1. The van der Waals surface area contributed by atoms with Crippen LogP contribution in [0.3, 0.4) is 0 Å². The second-order valence-electron chi connectivity index (χ2n) is 32.0. The minimum absolute atomic E-state index is 0.231. The Balaban J connectivity index is 1.33. The minimum Gasteiger partial charge on any atom is -0.394 e. The number of nitrogens with one attached hydrogen (secondary N) is 1. The van der Waals surface area contributed by atoms with Crippen LogP contribution < -0.4 is 5.32 Å². The Morgan fingerprint density at radius 2 is 0.625 bits per heavy atom. The lowest BCUT2D eigenvalue weighted by Gasteiger charge is -2.48. The molecule has 0 bridgehead atoms. The second kappa shape index (κ2) is 71.8. The molecule has 19 nitrogen and oxygen atoms in total. The Kier molecular flexibility index (Phi) is 66.0. The van der Waals surface area contributed by atoms with E-state index in [0.717, 1.165) is 77.0 Å². The minimum atomic E-state index is -1.99. The summed E-state index contributed by atoms with van der Waals surface area (Å²) in [4.78, 5) is 13.5. The molecule has 1 amide bonds. The van der Waals surface area contributed by atoms with Crippen LogP contribution in [0.4, 0.5) is 0 Å². The predicted molar refractivity (Wildman–Crippen MR) is 452 cm³/mol. The number of allylic oxidation sites excluding steroid dienone is 15. The van der Waals surface area contributed by atoms with Crippen molar-refractivity contribution in [1.29, 1.82) is 0 Å². The van der Waals surface area contributed by atoms with Crippen molar-refractivity contribution >= 4 is 5.91 Å². The molecule has 17 unspecified atom stereocenters. The van der Waals surface area contributed by atoms with Gasteiger partial charge in [0.05, 0.1) is 38.6 Å². The van der Waals surface area contributed by atoms with Crippen molar-refractivity contribution in [1.82, 2.24) is 5.32 Å². The molecule has 3 aliphatic rings. The van der Waals surface area contributed by atoms with Crippen LogP contribution in [-0.2, 0) is 33.2 Å². The molecule has 650 valence electrons. The molecular formula is C93H165NO18. The summed E-state index contributed by atoms with van der Waals surface area (Å²) in [6, 6.07) is -1.00. The SMILES string of the molecule is CC/C=C\C/C=C\C/C=C\C/C=C\C/C=C\CCCCCCCCCCCCCCCCCCCCCCCC(=O)NC(COC1OC(CO)C(OC2OC(CO)C(OC3OC(CO)C(O)C(O)C3O)C(O)C2O)C(O)C1O)C(O)/C=C/CC/C=C/CC/C=C/CCCCCCCCCCCCCCCCCCCCCC. The third kappa shape index (κ3) is 49.8. The number of aliphatic hydroxyl groups is 11. The van der Waals surface area contributed by atoms with Gasteiger partial charge in [0.25, 0.3) is 0 Å². The number of carbonyl (C=O) groups excluding carboxylic acids is 1. The van der Waals surface area contributed by atoms with Gasteiger partial charge in [0.2, 0.25) is 5.91 Å². The van der Waals surface area contributed by atoms with E-state index in [1.165, 1.54) is 244 Å². The molecule has 0 saturated carbocycles. The fourth-order valence-corrected chi connectivity index (χ4v) is 14.9. The molecule has 0 aromatic rings. The number of carbonyl (C=O) groups is 1. The average molecular weight is 1590 g/mol. The summed E-state index contributed by atoms with van der Waals surface area (Å²) in [6.45, 7) is 1.64. The van der Waals surface area contributed by atoms with E-state index < -0.39 is 124 Å². The van der Waals surface area contributed by atoms with E-state index in [1.807, 2.05) is 6.08 Å². The first-order valence-corrected chi connectivity index (χ1v) is 45.5. The van der Waals surface area contributed by atoms with Crippen LogP contribution in [0.15, 0.2) is 97.2 Å². The van der Waals surface area contributed by atoms with Gasteiger partial charge in [-0.05, 0) is 89.9 Å². The first kappa shape index (κ1) is 103. The largest absolute Gasteiger partial charge is 0.394 e. The van der Waals surface area contributed by atoms with Gasteiger partial charge in [-0.1, -0.05) is 355 Å². The third-order valence-electron chi connectivity index (χ3n) is 22.1. The van der Waals surface area contributed by atoms with E-state index in [1.54, 1.807) is 6.08 Å². The normalized spacial score (nSPS) is 25.4. The van der Waals surface area contributed by atoms with Crippen molar-refractivity contribution in [3.8, 4) is 0 Å². The zero-order chi connectivity index (χ0) is 81.0. The molecule has 12 N–H and O–H groups in total. The van der Waals surface area contributed by atoms with Crippen molar-refractivity contribution in [3.63, 3.8) is 0 Å². The van der Waals surface area contributed by atoms with E-state index in [-0.39, 0.29) is 18.9 Å². The van der Waals surface area contributed by atoms with E-state index in [0.29, 0.717) is 12.8 Å². The first-order chi connectivity index (χ1) is 54.8. The molecule has 0 aliphatic carbocycles. The number of hydrogen-bond donors (Lipinski definition) is 12. The van der Waals surface area contributed by atoms with Crippen molar-refractivity contribution < 1.29 is 89.4 Å². The molecule has 19 heteroatoms. The molecule has 0 aromatic carbocycles. The van der Waals surface area contributed by atoms with Crippen molar-refractivity contribution in [2.75, 3.05) is 26.4 Å². The Bertz CT molecular complexity index is 2400. The van der Waals surface area contributed by atoms with Gasteiger partial charge < -0.3 is 89.9 Å². The topological polar surface area (TPSA) is 307 Å². The van der Waals surface area contributed by atoms with Gasteiger partial charge >= 0.3 is 0 Å². The lowest BCUT2D eigenvalue weighted by Crippen LogP contribution is -2.66. The second-order valence-corrected chi connectivity index (χ2v) is 32.0. The number of amides is 1. The molecule has 0 radical (unpaired) electrons. The average Bonchev–Trinajstić information content (AvgIpc) is 0.781. The molecule has 17 atom stereocenters. The summed E-state index contributed by atoms with van der Waals surface area (Å²) >= 11 is 0. The summed E-state index contributed by atoms with van der Waals surface area (Å²) < 4.78 is 34.5. The summed E-state index contributed by atoms with van der Waals surface area (Å²) in [5.41, 5.74) is 0. The van der Waals surface area contributed by atoms with Crippen LogP contribution in [0.1, 0.15) is 354 Å². The van der Waals surface area contributed by atoms with Crippen LogP contribution in [0.2, 0.25) is 0 Å². The maximum Gasteiger partial charge on any atom is 0.220 e. The molecular weight excluding hydrogens is 1420 g/mol. The van der Waals surface area contributed by atoms with E-state index in [9.17, 15) is 61.0 Å². The Morgan fingerprint density at radius 3 is 1.00 bits per heavy atom. The molecule has 112 heavy (non-hydrogen) atoms. The van der Waals surface area contributed by atoms with Gasteiger partial charge in [0, 0.05) is 6.42 Å². The van der Waals surface area contributed by atoms with Gasteiger partial charge in [-0.3, -0.25) is 4.79 Å². The van der Waals surface area contributed by atoms with E-state index >= 15 is 0 Å². The summed E-state index contributed by atoms with van der Waals surface area (Å²) in [5.74, 6) is -0.286. The highest BCUT2D eigenvalue weighted by molar-refractivity contribution is 5.76. The predicted octanol–water partition coefficient (Wildman–Crippen LogP) is 17.5. The van der Waals surface area contributed by atoms with Crippen LogP contribution in [0.25, 0.3) is 0 Å². The monoisotopic (exact) mass is 1580 g/mol. The first-order valence-electron chi connectivity index (χ1n) is 45.5. The maximum absolute atomic E-state index is 13.5. The van der Waals surface area contributed by atoms with Crippen molar-refractivity contribution in [3.05, 3.63) is 97.2 Å². The van der Waals surface area contributed by atoms with Crippen molar-refractivity contribution in [2.24, 2.45) is 0 Å². The molecule has 3 saturated heterocycles.